The molecule has 0 bridgehead atoms. The van der Waals surface area contributed by atoms with Crippen LogP contribution in [0.15, 0.2) is 45.6 Å². The van der Waals surface area contributed by atoms with Gasteiger partial charge in [0.25, 0.3) is 0 Å². The molecule has 0 amide bonds. The molecule has 2 radical (unpaired) electrons. The van der Waals surface area contributed by atoms with Crippen LogP contribution in [0.2, 0.25) is 5.02 Å². The van der Waals surface area contributed by atoms with Crippen molar-refractivity contribution in [2.75, 3.05) is 13.6 Å². The molecule has 29 heavy (non-hydrogen) atoms. The molecular weight excluding hydrogens is 392 g/mol. The fourth-order valence-corrected chi connectivity index (χ4v) is 4.18. The largest absolute Gasteiger partial charge is 0.507 e. The lowest BCUT2D eigenvalue weighted by Gasteiger charge is -2.40. The van der Waals surface area contributed by atoms with Crippen LogP contribution in [0.4, 0.5) is 0 Å². The standard InChI is InChI=1S/C21H19BClNO5/c1-24-7-6-11(19(28)21(24)22)17-13(25)8-14(26)18-15(27)9-16(29-20(17)18)10-4-2-3-5-12(10)23/h2-5,8-9,11,19,21,25-26,28H,6-7H2,1H3. The van der Waals surface area contributed by atoms with Crippen molar-refractivity contribution in [3.05, 3.63) is 57.2 Å². The summed E-state index contributed by atoms with van der Waals surface area (Å²) in [4.78, 5) is 14.6. The van der Waals surface area contributed by atoms with E-state index in [1.807, 2.05) is 4.90 Å². The number of benzene rings is 2. The van der Waals surface area contributed by atoms with E-state index in [-0.39, 0.29) is 28.0 Å². The molecule has 1 fully saturated rings. The number of nitrogens with zero attached hydrogens (tertiary/aromatic N) is 1. The zero-order chi connectivity index (χ0) is 20.9. The monoisotopic (exact) mass is 411 g/mol. The average Bonchev–Trinajstić information content (AvgIpc) is 2.67. The summed E-state index contributed by atoms with van der Waals surface area (Å²) in [5, 5.41) is 32.0. The number of phenols is 2. The third-order valence-corrected chi connectivity index (χ3v) is 5.90. The summed E-state index contributed by atoms with van der Waals surface area (Å²) in [6, 6.07) is 9.23. The Morgan fingerprint density at radius 3 is 2.66 bits per heavy atom. The maximum atomic E-state index is 12.8. The van der Waals surface area contributed by atoms with E-state index >= 15 is 0 Å². The predicted molar refractivity (Wildman–Crippen MR) is 112 cm³/mol. The molecule has 0 aliphatic carbocycles. The number of piperidine rings is 1. The van der Waals surface area contributed by atoms with Crippen molar-refractivity contribution in [1.82, 2.24) is 4.90 Å². The molecule has 3 N–H and O–H groups in total. The minimum absolute atomic E-state index is 0.0192. The van der Waals surface area contributed by atoms with E-state index in [1.54, 1.807) is 31.3 Å². The lowest BCUT2D eigenvalue weighted by Crippen LogP contribution is -2.50. The van der Waals surface area contributed by atoms with Crippen LogP contribution in [0.1, 0.15) is 17.9 Å². The van der Waals surface area contributed by atoms with Crippen molar-refractivity contribution in [2.24, 2.45) is 0 Å². The van der Waals surface area contributed by atoms with Crippen LogP contribution in [-0.2, 0) is 0 Å². The molecule has 1 aromatic heterocycles. The number of hydrogen-bond donors (Lipinski definition) is 3. The molecule has 2 aromatic carbocycles. The Morgan fingerprint density at radius 2 is 1.93 bits per heavy atom. The van der Waals surface area contributed by atoms with Crippen LogP contribution >= 0.6 is 11.6 Å². The second kappa shape index (κ2) is 7.41. The molecule has 2 heterocycles. The van der Waals surface area contributed by atoms with Gasteiger partial charge >= 0.3 is 0 Å². The maximum Gasteiger partial charge on any atom is 0.197 e. The number of likely N-dealkylation sites (N-methyl/N-ethyl adjacent to an activating group) is 1. The molecule has 3 unspecified atom stereocenters. The van der Waals surface area contributed by atoms with Crippen LogP contribution < -0.4 is 5.43 Å². The number of aromatic hydroxyl groups is 2. The smallest absolute Gasteiger partial charge is 0.197 e. The summed E-state index contributed by atoms with van der Waals surface area (Å²) in [5.74, 6) is -1.68. The highest BCUT2D eigenvalue weighted by atomic mass is 35.5. The third-order valence-electron chi connectivity index (χ3n) is 5.57. The second-order valence-electron chi connectivity index (χ2n) is 7.34. The lowest BCUT2D eigenvalue weighted by atomic mass is 9.74. The van der Waals surface area contributed by atoms with Crippen molar-refractivity contribution in [1.29, 1.82) is 0 Å². The molecule has 1 aliphatic rings. The van der Waals surface area contributed by atoms with Crippen LogP contribution in [0.25, 0.3) is 22.3 Å². The van der Waals surface area contributed by atoms with Gasteiger partial charge in [0.05, 0.1) is 19.0 Å². The van der Waals surface area contributed by atoms with E-state index in [0.717, 1.165) is 6.07 Å². The lowest BCUT2D eigenvalue weighted by molar-refractivity contribution is 0.0432. The SMILES string of the molecule is [B]C1C(O)C(c2c(O)cc(O)c3c(=O)cc(-c4ccccc4Cl)oc23)CCN1C. The van der Waals surface area contributed by atoms with Gasteiger partial charge in [-0.15, -0.1) is 0 Å². The van der Waals surface area contributed by atoms with Gasteiger partial charge in [0, 0.05) is 29.2 Å². The summed E-state index contributed by atoms with van der Waals surface area (Å²) in [7, 11) is 7.88. The van der Waals surface area contributed by atoms with E-state index in [0.29, 0.717) is 23.6 Å². The molecule has 148 valence electrons. The molecule has 1 saturated heterocycles. The summed E-state index contributed by atoms with van der Waals surface area (Å²) >= 11 is 6.25. The fourth-order valence-electron chi connectivity index (χ4n) is 3.95. The van der Waals surface area contributed by atoms with E-state index in [9.17, 15) is 20.1 Å². The van der Waals surface area contributed by atoms with Gasteiger partial charge in [-0.1, -0.05) is 23.7 Å². The Morgan fingerprint density at radius 1 is 1.21 bits per heavy atom. The first-order valence-corrected chi connectivity index (χ1v) is 9.59. The van der Waals surface area contributed by atoms with Crippen molar-refractivity contribution in [2.45, 2.75) is 24.4 Å². The van der Waals surface area contributed by atoms with E-state index in [2.05, 4.69) is 0 Å². The predicted octanol–water partition coefficient (Wildman–Crippen LogP) is 2.80. The van der Waals surface area contributed by atoms with Crippen molar-refractivity contribution >= 4 is 30.4 Å². The number of hydrogen-bond acceptors (Lipinski definition) is 6. The molecule has 0 spiro atoms. The van der Waals surface area contributed by atoms with E-state index in [4.69, 9.17) is 23.9 Å². The number of aliphatic hydroxyl groups is 1. The Balaban J connectivity index is 2.00. The molecule has 3 aromatic rings. The molecule has 1 aliphatic heterocycles. The second-order valence-corrected chi connectivity index (χ2v) is 7.75. The van der Waals surface area contributed by atoms with Gasteiger partial charge in [-0.2, -0.15) is 0 Å². The molecule has 6 nitrogen and oxygen atoms in total. The van der Waals surface area contributed by atoms with Crippen molar-refractivity contribution in [3.8, 4) is 22.8 Å². The number of fused-ring (bicyclic) bond motifs is 1. The highest BCUT2D eigenvalue weighted by Crippen LogP contribution is 2.43. The fraction of sp³-hybridized carbons (Fsp3) is 0.286. The van der Waals surface area contributed by atoms with E-state index in [1.165, 1.54) is 6.07 Å². The average molecular weight is 412 g/mol. The normalized spacial score (nSPS) is 22.8. The highest BCUT2D eigenvalue weighted by molar-refractivity contribution is 6.33. The summed E-state index contributed by atoms with van der Waals surface area (Å²) in [6.45, 7) is 0.582. The Kier molecular flexibility index (Phi) is 5.06. The van der Waals surface area contributed by atoms with Gasteiger partial charge in [-0.25, -0.2) is 0 Å². The van der Waals surface area contributed by atoms with Gasteiger partial charge < -0.3 is 24.6 Å². The van der Waals surface area contributed by atoms with Gasteiger partial charge in [0.15, 0.2) is 5.43 Å². The molecule has 3 atom stereocenters. The number of likely N-dealkylation sites (tertiary alicyclic amines) is 1. The number of phenolic OH excluding ortho intramolecular Hbond substituents is 2. The quantitative estimate of drug-likeness (QED) is 0.561. The maximum absolute atomic E-state index is 12.8. The minimum atomic E-state index is -0.998. The van der Waals surface area contributed by atoms with Crippen LogP contribution in [-0.4, -0.2) is 53.7 Å². The van der Waals surface area contributed by atoms with Crippen LogP contribution in [0, 0.1) is 0 Å². The molecule has 8 heteroatoms. The Hall–Kier alpha value is -2.48. The van der Waals surface area contributed by atoms with Crippen LogP contribution in [0.5, 0.6) is 11.5 Å². The highest BCUT2D eigenvalue weighted by Gasteiger charge is 2.36. The molecular formula is C21H19BClNO5. The van der Waals surface area contributed by atoms with Gasteiger partial charge in [0.2, 0.25) is 0 Å². The van der Waals surface area contributed by atoms with Gasteiger partial charge in [0.1, 0.15) is 28.2 Å². The Bertz CT molecular complexity index is 1150. The topological polar surface area (TPSA) is 94.1 Å². The van der Waals surface area contributed by atoms with Gasteiger partial charge in [-0.05, 0) is 38.1 Å². The zero-order valence-electron chi connectivity index (χ0n) is 15.7. The summed E-state index contributed by atoms with van der Waals surface area (Å²) in [6.07, 6.45) is -0.514. The number of rotatable bonds is 2. The number of aliphatic hydroxyl groups excluding tert-OH is 1. The molecule has 0 saturated carbocycles. The van der Waals surface area contributed by atoms with Crippen molar-refractivity contribution in [3.63, 3.8) is 0 Å². The Labute approximate surface area is 173 Å². The van der Waals surface area contributed by atoms with Crippen LogP contribution in [0.3, 0.4) is 0 Å². The van der Waals surface area contributed by atoms with Crippen molar-refractivity contribution < 1.29 is 19.7 Å². The summed E-state index contributed by atoms with van der Waals surface area (Å²) < 4.78 is 6.00. The third kappa shape index (κ3) is 3.29. The first-order chi connectivity index (χ1) is 13.8. The minimum Gasteiger partial charge on any atom is -0.507 e. The first kappa shape index (κ1) is 19.8. The first-order valence-electron chi connectivity index (χ1n) is 9.21. The molecule has 4 rings (SSSR count). The summed E-state index contributed by atoms with van der Waals surface area (Å²) in [5.41, 5.74) is 0.291. The zero-order valence-corrected chi connectivity index (χ0v) is 16.4. The van der Waals surface area contributed by atoms with E-state index < -0.39 is 29.1 Å². The van der Waals surface area contributed by atoms with Gasteiger partial charge in [-0.3, -0.25) is 4.79 Å². The number of halogens is 1.